The molecule has 0 aromatic heterocycles. The van der Waals surface area contributed by atoms with Gasteiger partial charge in [0.15, 0.2) is 11.5 Å². The molecule has 3 aromatic rings. The summed E-state index contributed by atoms with van der Waals surface area (Å²) in [6.07, 6.45) is 2.63. The van der Waals surface area contributed by atoms with E-state index in [2.05, 4.69) is 18.2 Å². The molecule has 3 rings (SSSR count). The molecule has 0 aliphatic carbocycles. The molecule has 0 aliphatic heterocycles. The van der Waals surface area contributed by atoms with Crippen LogP contribution in [0.3, 0.4) is 0 Å². The molecular formula is C22H20O4. The Morgan fingerprint density at radius 3 is 2.62 bits per heavy atom. The first kappa shape index (κ1) is 17.5. The maximum atomic E-state index is 10.7. The van der Waals surface area contributed by atoms with Crippen LogP contribution >= 0.6 is 0 Å². The number of carbonyl (C=O) groups is 1. The zero-order valence-electron chi connectivity index (χ0n) is 14.5. The molecule has 4 nitrogen and oxygen atoms in total. The lowest BCUT2D eigenvalue weighted by Gasteiger charge is -2.14. The van der Waals surface area contributed by atoms with Crippen molar-refractivity contribution in [3.05, 3.63) is 77.9 Å². The summed E-state index contributed by atoms with van der Waals surface area (Å²) in [5, 5.41) is 11.1. The van der Waals surface area contributed by atoms with Crippen LogP contribution in [0.15, 0.2) is 66.7 Å². The Morgan fingerprint density at radius 1 is 1.00 bits per heavy atom. The molecule has 0 heterocycles. The maximum absolute atomic E-state index is 10.7. The Kier molecular flexibility index (Phi) is 5.54. The van der Waals surface area contributed by atoms with Gasteiger partial charge in [-0.1, -0.05) is 48.5 Å². The van der Waals surface area contributed by atoms with Crippen molar-refractivity contribution in [3.8, 4) is 11.5 Å². The van der Waals surface area contributed by atoms with Crippen LogP contribution in [0, 0.1) is 0 Å². The van der Waals surface area contributed by atoms with Crippen LogP contribution in [0.2, 0.25) is 0 Å². The lowest BCUT2D eigenvalue weighted by atomic mass is 10.1. The molecule has 0 atom stereocenters. The number of benzene rings is 3. The number of hydrogen-bond acceptors (Lipinski definition) is 3. The Bertz CT molecular complexity index is 939. The molecule has 0 saturated carbocycles. The Hall–Kier alpha value is -3.27. The van der Waals surface area contributed by atoms with Crippen molar-refractivity contribution in [2.75, 3.05) is 6.61 Å². The summed E-state index contributed by atoms with van der Waals surface area (Å²) in [6, 6.07) is 19.7. The molecule has 0 bridgehead atoms. The van der Waals surface area contributed by atoms with Crippen LogP contribution in [0.5, 0.6) is 11.5 Å². The highest BCUT2D eigenvalue weighted by atomic mass is 16.5. The van der Waals surface area contributed by atoms with E-state index < -0.39 is 5.97 Å². The van der Waals surface area contributed by atoms with Crippen molar-refractivity contribution in [3.63, 3.8) is 0 Å². The third-order valence-corrected chi connectivity index (χ3v) is 3.95. The van der Waals surface area contributed by atoms with E-state index in [1.54, 1.807) is 18.2 Å². The highest BCUT2D eigenvalue weighted by Crippen LogP contribution is 2.30. The molecule has 1 N–H and O–H groups in total. The number of rotatable bonds is 7. The normalized spacial score (nSPS) is 11.0. The van der Waals surface area contributed by atoms with Crippen LogP contribution in [-0.2, 0) is 11.4 Å². The predicted molar refractivity (Wildman–Crippen MR) is 103 cm³/mol. The fourth-order valence-electron chi connectivity index (χ4n) is 2.76. The first-order valence-electron chi connectivity index (χ1n) is 8.44. The van der Waals surface area contributed by atoms with Gasteiger partial charge in [-0.05, 0) is 47.0 Å². The van der Waals surface area contributed by atoms with Gasteiger partial charge in [0.25, 0.3) is 0 Å². The lowest BCUT2D eigenvalue weighted by molar-refractivity contribution is -0.131. The SMILES string of the molecule is CCOc1cc(/C=C/C(=O)O)ccc1OCc1cccc2ccccc12. The summed E-state index contributed by atoms with van der Waals surface area (Å²) in [6.45, 7) is 2.82. The molecule has 0 saturated heterocycles. The van der Waals surface area contributed by atoms with Gasteiger partial charge >= 0.3 is 5.97 Å². The predicted octanol–water partition coefficient (Wildman–Crippen LogP) is 4.92. The van der Waals surface area contributed by atoms with Gasteiger partial charge in [-0.3, -0.25) is 0 Å². The van der Waals surface area contributed by atoms with Gasteiger partial charge < -0.3 is 14.6 Å². The third kappa shape index (κ3) is 4.22. The molecule has 0 amide bonds. The number of hydrogen-bond donors (Lipinski definition) is 1. The van der Waals surface area contributed by atoms with Crippen LogP contribution in [0.25, 0.3) is 16.8 Å². The molecule has 132 valence electrons. The number of carboxylic acids is 1. The minimum Gasteiger partial charge on any atom is -0.490 e. The van der Waals surface area contributed by atoms with E-state index in [-0.39, 0.29) is 0 Å². The number of ether oxygens (including phenoxy) is 2. The number of carboxylic acid groups (broad SMARTS) is 1. The highest BCUT2D eigenvalue weighted by molar-refractivity contribution is 5.86. The van der Waals surface area contributed by atoms with Crippen molar-refractivity contribution in [1.29, 1.82) is 0 Å². The Balaban J connectivity index is 1.83. The van der Waals surface area contributed by atoms with Gasteiger partial charge in [-0.15, -0.1) is 0 Å². The van der Waals surface area contributed by atoms with Crippen molar-refractivity contribution >= 4 is 22.8 Å². The summed E-state index contributed by atoms with van der Waals surface area (Å²) in [5.41, 5.74) is 1.84. The highest BCUT2D eigenvalue weighted by Gasteiger charge is 2.08. The summed E-state index contributed by atoms with van der Waals surface area (Å²) in [7, 11) is 0. The van der Waals surface area contributed by atoms with E-state index in [4.69, 9.17) is 14.6 Å². The standard InChI is InChI=1S/C22H20O4/c1-2-25-21-14-16(11-13-22(23)24)10-12-20(21)26-15-18-8-5-7-17-6-3-4-9-19(17)18/h3-14H,2,15H2,1H3,(H,23,24)/b13-11+. The first-order valence-corrected chi connectivity index (χ1v) is 8.44. The second-order valence-corrected chi connectivity index (χ2v) is 5.74. The third-order valence-electron chi connectivity index (χ3n) is 3.95. The van der Waals surface area contributed by atoms with Crippen molar-refractivity contribution < 1.29 is 19.4 Å². The fraction of sp³-hybridized carbons (Fsp3) is 0.136. The van der Waals surface area contributed by atoms with E-state index in [0.29, 0.717) is 24.7 Å². The zero-order chi connectivity index (χ0) is 18.4. The van der Waals surface area contributed by atoms with Crippen molar-refractivity contribution in [2.24, 2.45) is 0 Å². The van der Waals surface area contributed by atoms with Gasteiger partial charge in [0.1, 0.15) is 6.61 Å². The monoisotopic (exact) mass is 348 g/mol. The average molecular weight is 348 g/mol. The van der Waals surface area contributed by atoms with E-state index >= 15 is 0 Å². The summed E-state index contributed by atoms with van der Waals surface area (Å²) < 4.78 is 11.7. The minimum atomic E-state index is -0.987. The molecule has 3 aromatic carbocycles. The Labute approximate surface area is 152 Å². The molecule has 0 unspecified atom stereocenters. The molecular weight excluding hydrogens is 328 g/mol. The van der Waals surface area contributed by atoms with Gasteiger partial charge in [0, 0.05) is 6.08 Å². The van der Waals surface area contributed by atoms with Crippen molar-refractivity contribution in [1.82, 2.24) is 0 Å². The number of aliphatic carboxylic acids is 1. The smallest absolute Gasteiger partial charge is 0.328 e. The zero-order valence-corrected chi connectivity index (χ0v) is 14.5. The van der Waals surface area contributed by atoms with Crippen LogP contribution in [-0.4, -0.2) is 17.7 Å². The molecule has 0 spiro atoms. The fourth-order valence-corrected chi connectivity index (χ4v) is 2.76. The first-order chi connectivity index (χ1) is 12.7. The van der Waals surface area contributed by atoms with E-state index in [0.717, 1.165) is 22.6 Å². The van der Waals surface area contributed by atoms with Crippen LogP contribution < -0.4 is 9.47 Å². The summed E-state index contributed by atoms with van der Waals surface area (Å²) >= 11 is 0. The van der Waals surface area contributed by atoms with Gasteiger partial charge in [0.05, 0.1) is 6.61 Å². The average Bonchev–Trinajstić information content (AvgIpc) is 2.66. The number of fused-ring (bicyclic) bond motifs is 1. The summed E-state index contributed by atoms with van der Waals surface area (Å²) in [5.74, 6) is 0.242. The quantitative estimate of drug-likeness (QED) is 0.616. The molecule has 0 fully saturated rings. The minimum absolute atomic E-state index is 0.422. The topological polar surface area (TPSA) is 55.8 Å². The van der Waals surface area contributed by atoms with Gasteiger partial charge in [-0.25, -0.2) is 4.79 Å². The lowest BCUT2D eigenvalue weighted by Crippen LogP contribution is -2.00. The molecule has 0 aliphatic rings. The van der Waals surface area contributed by atoms with E-state index in [1.165, 1.54) is 11.5 Å². The van der Waals surface area contributed by atoms with Crippen molar-refractivity contribution in [2.45, 2.75) is 13.5 Å². The second-order valence-electron chi connectivity index (χ2n) is 5.74. The molecule has 26 heavy (non-hydrogen) atoms. The van der Waals surface area contributed by atoms with E-state index in [9.17, 15) is 4.79 Å². The second kappa shape index (κ2) is 8.21. The largest absolute Gasteiger partial charge is 0.490 e. The molecule has 0 radical (unpaired) electrons. The van der Waals surface area contributed by atoms with E-state index in [1.807, 2.05) is 31.2 Å². The Morgan fingerprint density at radius 2 is 1.81 bits per heavy atom. The maximum Gasteiger partial charge on any atom is 0.328 e. The van der Waals surface area contributed by atoms with Gasteiger partial charge in [-0.2, -0.15) is 0 Å². The van der Waals surface area contributed by atoms with Gasteiger partial charge in [0.2, 0.25) is 0 Å². The van der Waals surface area contributed by atoms with Crippen LogP contribution in [0.4, 0.5) is 0 Å². The molecule has 4 heteroatoms. The van der Waals surface area contributed by atoms with Crippen LogP contribution in [0.1, 0.15) is 18.1 Å². The summed E-state index contributed by atoms with van der Waals surface area (Å²) in [4.78, 5) is 10.7.